The Morgan fingerprint density at radius 1 is 1.45 bits per heavy atom. The molecule has 0 aliphatic carbocycles. The molecule has 0 aromatic carbocycles. The van der Waals surface area contributed by atoms with Crippen LogP contribution in [0.1, 0.15) is 43.1 Å². The van der Waals surface area contributed by atoms with E-state index >= 15 is 0 Å². The molecule has 20 heavy (non-hydrogen) atoms. The van der Waals surface area contributed by atoms with Gasteiger partial charge in [-0.3, -0.25) is 14.6 Å². The fourth-order valence-electron chi connectivity index (χ4n) is 2.35. The molecule has 0 spiro atoms. The first kappa shape index (κ1) is 14.5. The Hall–Kier alpha value is -1.91. The van der Waals surface area contributed by atoms with Crippen molar-refractivity contribution in [3.05, 3.63) is 30.1 Å². The lowest BCUT2D eigenvalue weighted by molar-refractivity contribution is -0.121. The molecule has 108 valence electrons. The first-order valence-corrected chi connectivity index (χ1v) is 7.20. The number of likely N-dealkylation sites (tertiary alicyclic amines) is 1. The van der Waals surface area contributed by atoms with Gasteiger partial charge < -0.3 is 10.2 Å². The largest absolute Gasteiger partial charge is 0.352 e. The zero-order chi connectivity index (χ0) is 14.4. The fourth-order valence-corrected chi connectivity index (χ4v) is 2.35. The molecule has 1 aliphatic rings. The summed E-state index contributed by atoms with van der Waals surface area (Å²) in [5.74, 6) is 0.0277. The van der Waals surface area contributed by atoms with Crippen molar-refractivity contribution in [1.82, 2.24) is 15.2 Å². The molecular weight excluding hydrogens is 254 g/mol. The van der Waals surface area contributed by atoms with Crippen molar-refractivity contribution < 1.29 is 9.59 Å². The van der Waals surface area contributed by atoms with E-state index in [2.05, 4.69) is 17.2 Å². The molecule has 5 nitrogen and oxygen atoms in total. The van der Waals surface area contributed by atoms with E-state index in [4.69, 9.17) is 0 Å². The lowest BCUT2D eigenvalue weighted by Gasteiger charge is -2.16. The molecule has 2 rings (SSSR count). The molecular formula is C15H21N3O2. The number of carbonyl (C=O) groups excluding carboxylic acids is 2. The van der Waals surface area contributed by atoms with Gasteiger partial charge in [0, 0.05) is 31.7 Å². The zero-order valence-corrected chi connectivity index (χ0v) is 11.8. The summed E-state index contributed by atoms with van der Waals surface area (Å²) in [6.07, 6.45) is 4.93. The van der Waals surface area contributed by atoms with Crippen molar-refractivity contribution in [1.29, 1.82) is 0 Å². The second-order valence-corrected chi connectivity index (χ2v) is 5.12. The van der Waals surface area contributed by atoms with Crippen LogP contribution in [-0.4, -0.2) is 40.8 Å². The Balaban J connectivity index is 1.83. The van der Waals surface area contributed by atoms with Gasteiger partial charge in [-0.2, -0.15) is 0 Å². The van der Waals surface area contributed by atoms with Gasteiger partial charge in [0.25, 0.3) is 5.91 Å². The second kappa shape index (κ2) is 7.03. The topological polar surface area (TPSA) is 62.3 Å². The summed E-state index contributed by atoms with van der Waals surface area (Å²) in [5.41, 5.74) is 0.463. The van der Waals surface area contributed by atoms with E-state index in [0.717, 1.165) is 19.3 Å². The molecule has 0 radical (unpaired) electrons. The van der Waals surface area contributed by atoms with E-state index in [1.165, 1.54) is 0 Å². The van der Waals surface area contributed by atoms with Crippen LogP contribution in [0.2, 0.25) is 0 Å². The van der Waals surface area contributed by atoms with Crippen molar-refractivity contribution in [3.8, 4) is 0 Å². The molecule has 1 unspecified atom stereocenters. The van der Waals surface area contributed by atoms with Crippen LogP contribution in [0, 0.1) is 0 Å². The Morgan fingerprint density at radius 2 is 2.30 bits per heavy atom. The van der Waals surface area contributed by atoms with E-state index in [0.29, 0.717) is 25.2 Å². The minimum Gasteiger partial charge on any atom is -0.352 e. The predicted molar refractivity (Wildman–Crippen MR) is 76.2 cm³/mol. The van der Waals surface area contributed by atoms with Gasteiger partial charge in [-0.05, 0) is 25.0 Å². The second-order valence-electron chi connectivity index (χ2n) is 5.12. The molecule has 1 fully saturated rings. The Kier molecular flexibility index (Phi) is 5.09. The quantitative estimate of drug-likeness (QED) is 0.888. The van der Waals surface area contributed by atoms with E-state index in [-0.39, 0.29) is 17.9 Å². The highest BCUT2D eigenvalue weighted by Crippen LogP contribution is 2.12. The van der Waals surface area contributed by atoms with E-state index in [1.54, 1.807) is 29.3 Å². The average molecular weight is 275 g/mol. The van der Waals surface area contributed by atoms with Crippen LogP contribution >= 0.6 is 0 Å². The Bertz CT molecular complexity index is 461. The number of amides is 2. The molecule has 1 N–H and O–H groups in total. The molecule has 1 aromatic rings. The minimum atomic E-state index is -0.0593. The minimum absolute atomic E-state index is 0.0593. The number of nitrogens with one attached hydrogen (secondary N) is 1. The first-order valence-electron chi connectivity index (χ1n) is 7.20. The highest BCUT2D eigenvalue weighted by atomic mass is 16.2. The molecule has 0 saturated carbocycles. The molecule has 1 aliphatic heterocycles. The Morgan fingerprint density at radius 3 is 3.00 bits per heavy atom. The van der Waals surface area contributed by atoms with Crippen molar-refractivity contribution in [2.45, 2.75) is 38.6 Å². The maximum Gasteiger partial charge on any atom is 0.272 e. The number of unbranched alkanes of at least 4 members (excludes halogenated alkanes) is 1. The van der Waals surface area contributed by atoms with E-state index in [9.17, 15) is 9.59 Å². The Labute approximate surface area is 119 Å². The maximum atomic E-state index is 12.2. The van der Waals surface area contributed by atoms with Crippen molar-refractivity contribution in [2.75, 3.05) is 13.1 Å². The molecule has 1 atom stereocenters. The number of pyridine rings is 1. The van der Waals surface area contributed by atoms with Gasteiger partial charge in [0.1, 0.15) is 5.69 Å². The van der Waals surface area contributed by atoms with Crippen LogP contribution in [0.25, 0.3) is 0 Å². The number of hydrogen-bond donors (Lipinski definition) is 1. The monoisotopic (exact) mass is 275 g/mol. The summed E-state index contributed by atoms with van der Waals surface area (Å²) in [6.45, 7) is 3.32. The van der Waals surface area contributed by atoms with Gasteiger partial charge >= 0.3 is 0 Å². The standard InChI is InChI=1S/C15H21N3O2/c1-2-3-7-14(19)17-12-8-10-18(11-12)15(20)13-6-4-5-9-16-13/h4-6,9,12H,2-3,7-8,10-11H2,1H3,(H,17,19). The summed E-state index contributed by atoms with van der Waals surface area (Å²) in [5, 5.41) is 3.00. The summed E-state index contributed by atoms with van der Waals surface area (Å²) in [7, 11) is 0. The third-order valence-corrected chi connectivity index (χ3v) is 3.48. The smallest absolute Gasteiger partial charge is 0.272 e. The summed E-state index contributed by atoms with van der Waals surface area (Å²) < 4.78 is 0. The lowest BCUT2D eigenvalue weighted by Crippen LogP contribution is -2.38. The number of rotatable bonds is 5. The number of carbonyl (C=O) groups is 2. The van der Waals surface area contributed by atoms with Crippen molar-refractivity contribution >= 4 is 11.8 Å². The highest BCUT2D eigenvalue weighted by Gasteiger charge is 2.28. The number of hydrogen-bond acceptors (Lipinski definition) is 3. The van der Waals surface area contributed by atoms with Crippen molar-refractivity contribution in [2.24, 2.45) is 0 Å². The summed E-state index contributed by atoms with van der Waals surface area (Å²) in [4.78, 5) is 29.7. The van der Waals surface area contributed by atoms with Crippen LogP contribution in [0.5, 0.6) is 0 Å². The number of nitrogens with zero attached hydrogens (tertiary/aromatic N) is 2. The summed E-state index contributed by atoms with van der Waals surface area (Å²) in [6, 6.07) is 5.39. The third kappa shape index (κ3) is 3.79. The maximum absolute atomic E-state index is 12.2. The van der Waals surface area contributed by atoms with Gasteiger partial charge in [-0.15, -0.1) is 0 Å². The molecule has 1 saturated heterocycles. The molecule has 2 heterocycles. The van der Waals surface area contributed by atoms with E-state index < -0.39 is 0 Å². The highest BCUT2D eigenvalue weighted by molar-refractivity contribution is 5.92. The summed E-state index contributed by atoms with van der Waals surface area (Å²) >= 11 is 0. The zero-order valence-electron chi connectivity index (χ0n) is 11.8. The van der Waals surface area contributed by atoms with Crippen LogP contribution in [0.4, 0.5) is 0 Å². The SMILES string of the molecule is CCCCC(=O)NC1CCN(C(=O)c2ccccn2)C1. The van der Waals surface area contributed by atoms with Gasteiger partial charge in [-0.25, -0.2) is 0 Å². The number of aromatic nitrogens is 1. The predicted octanol–water partition coefficient (Wildman–Crippen LogP) is 1.60. The van der Waals surface area contributed by atoms with Crippen molar-refractivity contribution in [3.63, 3.8) is 0 Å². The van der Waals surface area contributed by atoms with Crippen LogP contribution in [0.15, 0.2) is 24.4 Å². The van der Waals surface area contributed by atoms with Crippen LogP contribution < -0.4 is 5.32 Å². The lowest BCUT2D eigenvalue weighted by atomic mass is 10.2. The average Bonchev–Trinajstić information content (AvgIpc) is 2.93. The third-order valence-electron chi connectivity index (χ3n) is 3.48. The van der Waals surface area contributed by atoms with Gasteiger partial charge in [0.15, 0.2) is 0 Å². The van der Waals surface area contributed by atoms with Crippen LogP contribution in [0.3, 0.4) is 0 Å². The molecule has 5 heteroatoms. The fraction of sp³-hybridized carbons (Fsp3) is 0.533. The van der Waals surface area contributed by atoms with E-state index in [1.807, 2.05) is 0 Å². The molecule has 2 amide bonds. The van der Waals surface area contributed by atoms with Crippen LogP contribution in [-0.2, 0) is 4.79 Å². The normalized spacial score (nSPS) is 18.1. The van der Waals surface area contributed by atoms with Gasteiger partial charge in [0.2, 0.25) is 5.91 Å². The molecule has 1 aromatic heterocycles. The first-order chi connectivity index (χ1) is 9.70. The van der Waals surface area contributed by atoms with Gasteiger partial charge in [-0.1, -0.05) is 19.4 Å². The molecule has 0 bridgehead atoms. The van der Waals surface area contributed by atoms with Gasteiger partial charge in [0.05, 0.1) is 0 Å².